The molecule has 1 atom stereocenters. The van der Waals surface area contributed by atoms with Crippen molar-refractivity contribution in [2.24, 2.45) is 12.8 Å². The van der Waals surface area contributed by atoms with Crippen molar-refractivity contribution in [1.82, 2.24) is 9.55 Å². The quantitative estimate of drug-likeness (QED) is 0.931. The Labute approximate surface area is 110 Å². The van der Waals surface area contributed by atoms with Gasteiger partial charge in [-0.25, -0.2) is 4.98 Å². The number of halogens is 2. The molecule has 17 heavy (non-hydrogen) atoms. The molecule has 0 aliphatic heterocycles. The number of imidazole rings is 1. The molecule has 3 nitrogen and oxygen atoms in total. The van der Waals surface area contributed by atoms with Crippen LogP contribution in [0.1, 0.15) is 17.3 Å². The normalized spacial score (nSPS) is 12.7. The molecule has 0 aliphatic rings. The molecule has 0 radical (unpaired) electrons. The number of nitrogens with zero attached hydrogens (tertiary/aromatic N) is 2. The fourth-order valence-electron chi connectivity index (χ4n) is 1.78. The molecule has 2 rings (SSSR count). The fourth-order valence-corrected chi connectivity index (χ4v) is 2.33. The predicted octanol–water partition coefficient (Wildman–Crippen LogP) is 2.97. The van der Waals surface area contributed by atoms with Gasteiger partial charge in [0.1, 0.15) is 0 Å². The maximum Gasteiger partial charge on any atom is 0.0946 e. The second-order valence-corrected chi connectivity index (χ2v) is 4.75. The Morgan fingerprint density at radius 1 is 1.35 bits per heavy atom. The Balaban J connectivity index is 2.25. The third-order valence-electron chi connectivity index (χ3n) is 2.72. The third-order valence-corrected chi connectivity index (χ3v) is 3.43. The molecular weight excluding hydrogens is 257 g/mol. The first-order valence-electron chi connectivity index (χ1n) is 5.24. The van der Waals surface area contributed by atoms with Crippen molar-refractivity contribution in [3.63, 3.8) is 0 Å². The zero-order chi connectivity index (χ0) is 12.4. The Hall–Kier alpha value is -1.03. The molecule has 0 amide bonds. The topological polar surface area (TPSA) is 43.8 Å². The first kappa shape index (κ1) is 12.4. The van der Waals surface area contributed by atoms with Gasteiger partial charge >= 0.3 is 0 Å². The lowest BCUT2D eigenvalue weighted by atomic mass is 10.0. The van der Waals surface area contributed by atoms with Gasteiger partial charge in [-0.05, 0) is 24.1 Å². The van der Waals surface area contributed by atoms with Gasteiger partial charge in [0, 0.05) is 23.3 Å². The van der Waals surface area contributed by atoms with Crippen molar-refractivity contribution in [1.29, 1.82) is 0 Å². The summed E-state index contributed by atoms with van der Waals surface area (Å²) in [4.78, 5) is 4.05. The summed E-state index contributed by atoms with van der Waals surface area (Å²) in [6, 6.07) is 5.29. The van der Waals surface area contributed by atoms with E-state index < -0.39 is 0 Å². The maximum absolute atomic E-state index is 6.13. The lowest BCUT2D eigenvalue weighted by Crippen LogP contribution is -2.16. The van der Waals surface area contributed by atoms with Crippen LogP contribution in [0.3, 0.4) is 0 Å². The molecule has 0 spiro atoms. The maximum atomic E-state index is 6.13. The van der Waals surface area contributed by atoms with E-state index in [1.165, 1.54) is 0 Å². The van der Waals surface area contributed by atoms with Crippen LogP contribution in [0.4, 0.5) is 0 Å². The van der Waals surface area contributed by atoms with Crippen molar-refractivity contribution < 1.29 is 0 Å². The van der Waals surface area contributed by atoms with Crippen LogP contribution in [0, 0.1) is 0 Å². The first-order chi connectivity index (χ1) is 8.09. The van der Waals surface area contributed by atoms with E-state index in [0.29, 0.717) is 16.5 Å². The highest BCUT2D eigenvalue weighted by Gasteiger charge is 2.14. The van der Waals surface area contributed by atoms with E-state index in [-0.39, 0.29) is 6.04 Å². The molecule has 90 valence electrons. The van der Waals surface area contributed by atoms with Gasteiger partial charge in [0.2, 0.25) is 0 Å². The molecule has 2 aromatic rings. The number of hydrogen-bond acceptors (Lipinski definition) is 2. The highest BCUT2D eigenvalue weighted by Crippen LogP contribution is 2.28. The van der Waals surface area contributed by atoms with E-state index in [2.05, 4.69) is 4.98 Å². The average Bonchev–Trinajstić information content (AvgIpc) is 2.70. The third kappa shape index (κ3) is 2.63. The lowest BCUT2D eigenvalue weighted by molar-refractivity contribution is 0.656. The Morgan fingerprint density at radius 3 is 2.53 bits per heavy atom. The molecule has 1 aromatic heterocycles. The van der Waals surface area contributed by atoms with Crippen LogP contribution in [0.2, 0.25) is 10.0 Å². The van der Waals surface area contributed by atoms with Gasteiger partial charge in [-0.2, -0.15) is 0 Å². The molecule has 5 heteroatoms. The van der Waals surface area contributed by atoms with Gasteiger partial charge in [-0.3, -0.25) is 0 Å². The van der Waals surface area contributed by atoms with Crippen LogP contribution in [0.5, 0.6) is 0 Å². The van der Waals surface area contributed by atoms with E-state index in [4.69, 9.17) is 28.9 Å². The van der Waals surface area contributed by atoms with Gasteiger partial charge in [-0.1, -0.05) is 29.3 Å². The molecule has 0 bridgehead atoms. The molecule has 0 saturated heterocycles. The van der Waals surface area contributed by atoms with Gasteiger partial charge in [0.05, 0.1) is 18.1 Å². The Bertz CT molecular complexity index is 502. The van der Waals surface area contributed by atoms with Gasteiger partial charge in [0.25, 0.3) is 0 Å². The highest BCUT2D eigenvalue weighted by atomic mass is 35.5. The number of rotatable bonds is 3. The summed E-state index contributed by atoms with van der Waals surface area (Å²) in [7, 11) is 1.91. The average molecular weight is 270 g/mol. The summed E-state index contributed by atoms with van der Waals surface area (Å²) in [5, 5.41) is 1.30. The highest BCUT2D eigenvalue weighted by molar-refractivity contribution is 6.35. The van der Waals surface area contributed by atoms with Gasteiger partial charge in [-0.15, -0.1) is 0 Å². The van der Waals surface area contributed by atoms with E-state index in [1.54, 1.807) is 12.5 Å². The van der Waals surface area contributed by atoms with Gasteiger partial charge in [0.15, 0.2) is 0 Å². The summed E-state index contributed by atoms with van der Waals surface area (Å²) in [5.41, 5.74) is 7.97. The minimum absolute atomic E-state index is 0.167. The summed E-state index contributed by atoms with van der Waals surface area (Å²) in [5.74, 6) is 0. The van der Waals surface area contributed by atoms with Crippen molar-refractivity contribution in [2.45, 2.75) is 12.5 Å². The smallest absolute Gasteiger partial charge is 0.0946 e. The predicted molar refractivity (Wildman–Crippen MR) is 70.3 cm³/mol. The lowest BCUT2D eigenvalue weighted by Gasteiger charge is -2.14. The van der Waals surface area contributed by atoms with Crippen LogP contribution in [-0.4, -0.2) is 9.55 Å². The van der Waals surface area contributed by atoms with Crippen LogP contribution in [0.15, 0.2) is 30.7 Å². The summed E-state index contributed by atoms with van der Waals surface area (Å²) in [6.07, 6.45) is 4.08. The number of aryl methyl sites for hydroxylation is 1. The summed E-state index contributed by atoms with van der Waals surface area (Å²) < 4.78 is 1.90. The second-order valence-electron chi connectivity index (χ2n) is 3.94. The number of nitrogens with two attached hydrogens (primary N) is 1. The Kier molecular flexibility index (Phi) is 3.72. The van der Waals surface area contributed by atoms with Crippen molar-refractivity contribution >= 4 is 23.2 Å². The SMILES string of the molecule is Cn1cncc1C(N)Cc1c(Cl)cccc1Cl. The van der Waals surface area contributed by atoms with Crippen LogP contribution in [0.25, 0.3) is 0 Å². The molecule has 2 N–H and O–H groups in total. The first-order valence-corrected chi connectivity index (χ1v) is 6.00. The molecule has 0 aliphatic carbocycles. The number of benzene rings is 1. The fraction of sp³-hybridized carbons (Fsp3) is 0.250. The monoisotopic (exact) mass is 269 g/mol. The second kappa shape index (κ2) is 5.08. The molecule has 0 saturated carbocycles. The van der Waals surface area contributed by atoms with Crippen molar-refractivity contribution in [3.05, 3.63) is 52.0 Å². The van der Waals surface area contributed by atoms with E-state index >= 15 is 0 Å². The van der Waals surface area contributed by atoms with Crippen molar-refractivity contribution in [2.75, 3.05) is 0 Å². The zero-order valence-corrected chi connectivity index (χ0v) is 10.9. The standard InChI is InChI=1S/C12H13Cl2N3/c1-17-7-16-6-12(17)11(15)5-8-9(13)3-2-4-10(8)14/h2-4,6-7,11H,5,15H2,1H3. The van der Waals surface area contributed by atoms with Crippen LogP contribution >= 0.6 is 23.2 Å². The number of aromatic nitrogens is 2. The minimum Gasteiger partial charge on any atom is -0.336 e. The van der Waals surface area contributed by atoms with E-state index in [0.717, 1.165) is 11.3 Å². The van der Waals surface area contributed by atoms with Gasteiger partial charge < -0.3 is 10.3 Å². The molecule has 1 heterocycles. The van der Waals surface area contributed by atoms with Crippen LogP contribution in [-0.2, 0) is 13.5 Å². The summed E-state index contributed by atoms with van der Waals surface area (Å²) in [6.45, 7) is 0. The Morgan fingerprint density at radius 2 is 2.00 bits per heavy atom. The molecular formula is C12H13Cl2N3. The van der Waals surface area contributed by atoms with Crippen LogP contribution < -0.4 is 5.73 Å². The summed E-state index contributed by atoms with van der Waals surface area (Å²) >= 11 is 12.2. The van der Waals surface area contributed by atoms with E-state index in [9.17, 15) is 0 Å². The largest absolute Gasteiger partial charge is 0.336 e. The van der Waals surface area contributed by atoms with E-state index in [1.807, 2.05) is 29.8 Å². The molecule has 1 aromatic carbocycles. The zero-order valence-electron chi connectivity index (χ0n) is 9.40. The molecule has 1 unspecified atom stereocenters. The minimum atomic E-state index is -0.167. The molecule has 0 fully saturated rings. The van der Waals surface area contributed by atoms with Crippen molar-refractivity contribution in [3.8, 4) is 0 Å². The number of hydrogen-bond donors (Lipinski definition) is 1.